The van der Waals surface area contributed by atoms with Crippen LogP contribution in [0.3, 0.4) is 0 Å². The van der Waals surface area contributed by atoms with Crippen molar-refractivity contribution >= 4 is 17.5 Å². The summed E-state index contributed by atoms with van der Waals surface area (Å²) in [5, 5.41) is 0. The third kappa shape index (κ3) is 3.80. The smallest absolute Gasteiger partial charge is 0.244 e. The maximum Gasteiger partial charge on any atom is 0.244 e. The van der Waals surface area contributed by atoms with Crippen LogP contribution in [0, 0.1) is 0 Å². The molecule has 1 aromatic carbocycles. The summed E-state index contributed by atoms with van der Waals surface area (Å²) in [6.45, 7) is 2.13. The molecule has 6 nitrogen and oxygen atoms in total. The third-order valence-electron chi connectivity index (χ3n) is 6.67. The van der Waals surface area contributed by atoms with E-state index in [1.54, 1.807) is 0 Å². The predicted octanol–water partition coefficient (Wildman–Crippen LogP) is 2.98. The number of benzene rings is 1. The van der Waals surface area contributed by atoms with E-state index in [2.05, 4.69) is 10.4 Å². The van der Waals surface area contributed by atoms with E-state index in [9.17, 15) is 9.59 Å². The molecule has 2 fully saturated rings. The van der Waals surface area contributed by atoms with Gasteiger partial charge in [0.15, 0.2) is 0 Å². The summed E-state index contributed by atoms with van der Waals surface area (Å²) in [5.74, 6) is -0.615. The molecule has 28 heavy (non-hydrogen) atoms. The highest BCUT2D eigenvalue weighted by Crippen LogP contribution is 2.42. The molecule has 152 valence electrons. The Bertz CT molecular complexity index is 709. The highest BCUT2D eigenvalue weighted by atomic mass is 16.6. The topological polar surface area (TPSA) is 61.9 Å². The van der Waals surface area contributed by atoms with E-state index in [1.807, 2.05) is 29.2 Å². The molecule has 4 rings (SSSR count). The Kier molecular flexibility index (Phi) is 5.97. The number of piperidine rings is 1. The van der Waals surface area contributed by atoms with E-state index in [0.29, 0.717) is 0 Å². The normalized spacial score (nSPS) is 24.4. The number of likely N-dealkylation sites (tertiary alicyclic amines) is 1. The summed E-state index contributed by atoms with van der Waals surface area (Å²) in [6, 6.07) is 8.89. The van der Waals surface area contributed by atoms with Crippen LogP contribution in [0.5, 0.6) is 0 Å². The molecule has 1 N–H and O–H groups in total. The molecule has 2 heterocycles. The second kappa shape index (κ2) is 8.62. The molecule has 0 radical (unpaired) electrons. The molecule has 2 amide bonds. The quantitative estimate of drug-likeness (QED) is 0.792. The average molecular weight is 386 g/mol. The van der Waals surface area contributed by atoms with Gasteiger partial charge in [0.05, 0.1) is 13.0 Å². The van der Waals surface area contributed by atoms with Gasteiger partial charge in [-0.15, -0.1) is 0 Å². The van der Waals surface area contributed by atoms with Crippen molar-refractivity contribution in [3.63, 3.8) is 0 Å². The fraction of sp³-hybridized carbons (Fsp3) is 0.636. The molecule has 0 spiro atoms. The largest absolute Gasteiger partial charge is 0.308 e. The van der Waals surface area contributed by atoms with Crippen LogP contribution in [-0.2, 0) is 14.4 Å². The molecule has 1 saturated heterocycles. The maximum atomic E-state index is 13.3. The number of hydroxylamine groups is 1. The number of carbonyl (C=O) groups is 2. The first kappa shape index (κ1) is 19.4. The van der Waals surface area contributed by atoms with Gasteiger partial charge in [0, 0.05) is 37.3 Å². The van der Waals surface area contributed by atoms with Crippen molar-refractivity contribution in [2.24, 2.45) is 0 Å². The predicted molar refractivity (Wildman–Crippen MR) is 108 cm³/mol. The minimum Gasteiger partial charge on any atom is -0.308 e. The first-order valence-corrected chi connectivity index (χ1v) is 10.7. The number of hydrogen-bond donors (Lipinski definition) is 1. The van der Waals surface area contributed by atoms with E-state index in [-0.39, 0.29) is 24.3 Å². The Morgan fingerprint density at radius 1 is 1.07 bits per heavy atom. The number of para-hydroxylation sites is 1. The number of hydrogen-bond acceptors (Lipinski definition) is 4. The van der Waals surface area contributed by atoms with E-state index in [1.165, 1.54) is 39.2 Å². The van der Waals surface area contributed by atoms with Gasteiger partial charge in [-0.1, -0.05) is 37.5 Å². The van der Waals surface area contributed by atoms with E-state index in [4.69, 9.17) is 4.84 Å². The minimum atomic E-state index is -0.414. The summed E-state index contributed by atoms with van der Waals surface area (Å²) < 4.78 is 0. The Hall–Kier alpha value is -1.92. The zero-order chi connectivity index (χ0) is 19.5. The van der Waals surface area contributed by atoms with Gasteiger partial charge >= 0.3 is 0 Å². The second-order valence-electron chi connectivity index (χ2n) is 8.31. The lowest BCUT2D eigenvalue weighted by atomic mass is 9.91. The lowest BCUT2D eigenvalue weighted by molar-refractivity contribution is -0.133. The maximum absolute atomic E-state index is 13.3. The number of carbonyl (C=O) groups excluding carboxylic acids is 2. The summed E-state index contributed by atoms with van der Waals surface area (Å²) in [5.41, 5.74) is 4.30. The first-order valence-electron chi connectivity index (χ1n) is 10.7. The van der Waals surface area contributed by atoms with Crippen LogP contribution < -0.4 is 10.4 Å². The zero-order valence-electron chi connectivity index (χ0n) is 16.7. The van der Waals surface area contributed by atoms with Gasteiger partial charge in [-0.2, -0.15) is 0 Å². The molecule has 3 aliphatic rings. The number of rotatable bonds is 5. The molecule has 1 unspecified atom stereocenters. The Morgan fingerprint density at radius 3 is 2.50 bits per heavy atom. The number of anilines is 1. The van der Waals surface area contributed by atoms with Gasteiger partial charge in [-0.3, -0.25) is 14.4 Å². The van der Waals surface area contributed by atoms with Crippen molar-refractivity contribution < 1.29 is 14.4 Å². The molecule has 1 atom stereocenters. The molecule has 1 aliphatic carbocycles. The van der Waals surface area contributed by atoms with Crippen molar-refractivity contribution in [3.05, 3.63) is 29.8 Å². The molecule has 1 saturated carbocycles. The van der Waals surface area contributed by atoms with Crippen LogP contribution in [0.15, 0.2) is 24.3 Å². The summed E-state index contributed by atoms with van der Waals surface area (Å²) in [6.07, 6.45) is 8.88. The van der Waals surface area contributed by atoms with Crippen molar-refractivity contribution in [2.45, 2.75) is 69.4 Å². The summed E-state index contributed by atoms with van der Waals surface area (Å²) in [4.78, 5) is 34.7. The SMILES string of the molecule is CONC(=O)CC1C(=O)N(C2CCN(C3CCCCC3)CC2)c2ccccc21. The third-order valence-corrected chi connectivity index (χ3v) is 6.67. The summed E-state index contributed by atoms with van der Waals surface area (Å²) >= 11 is 0. The van der Waals surface area contributed by atoms with Gasteiger partial charge in [-0.05, 0) is 37.3 Å². The average Bonchev–Trinajstić information content (AvgIpc) is 3.01. The fourth-order valence-electron chi connectivity index (χ4n) is 5.29. The molecule has 2 aliphatic heterocycles. The van der Waals surface area contributed by atoms with Gasteiger partial charge < -0.3 is 9.80 Å². The van der Waals surface area contributed by atoms with Crippen LogP contribution in [0.4, 0.5) is 5.69 Å². The van der Waals surface area contributed by atoms with Crippen molar-refractivity contribution in [1.82, 2.24) is 10.4 Å². The lowest BCUT2D eigenvalue weighted by Crippen LogP contribution is -2.50. The minimum absolute atomic E-state index is 0.0589. The molecular weight excluding hydrogens is 354 g/mol. The standard InChI is InChI=1S/C22H31N3O3/c1-28-23-21(26)15-19-18-9-5-6-10-20(18)25(22(19)27)17-11-13-24(14-12-17)16-7-3-2-4-8-16/h5-6,9-10,16-17,19H,2-4,7-8,11-15H2,1H3,(H,23,26). The van der Waals surface area contributed by atoms with E-state index in [0.717, 1.165) is 43.2 Å². The summed E-state index contributed by atoms with van der Waals surface area (Å²) in [7, 11) is 1.41. The van der Waals surface area contributed by atoms with E-state index < -0.39 is 5.92 Å². The van der Waals surface area contributed by atoms with Gasteiger partial charge in [0.1, 0.15) is 0 Å². The number of amides is 2. The molecule has 0 bridgehead atoms. The lowest BCUT2D eigenvalue weighted by Gasteiger charge is -2.41. The molecule has 0 aromatic heterocycles. The Morgan fingerprint density at radius 2 is 1.79 bits per heavy atom. The van der Waals surface area contributed by atoms with Crippen molar-refractivity contribution in [3.8, 4) is 0 Å². The van der Waals surface area contributed by atoms with Crippen molar-refractivity contribution in [2.75, 3.05) is 25.1 Å². The highest BCUT2D eigenvalue weighted by Gasteiger charge is 2.42. The van der Waals surface area contributed by atoms with Crippen LogP contribution >= 0.6 is 0 Å². The van der Waals surface area contributed by atoms with Crippen LogP contribution in [-0.4, -0.2) is 49.0 Å². The number of nitrogens with one attached hydrogen (secondary N) is 1. The highest BCUT2D eigenvalue weighted by molar-refractivity contribution is 6.07. The fourth-order valence-corrected chi connectivity index (χ4v) is 5.29. The van der Waals surface area contributed by atoms with Gasteiger partial charge in [-0.25, -0.2) is 5.48 Å². The van der Waals surface area contributed by atoms with E-state index >= 15 is 0 Å². The first-order chi connectivity index (χ1) is 13.7. The van der Waals surface area contributed by atoms with Crippen molar-refractivity contribution in [1.29, 1.82) is 0 Å². The number of fused-ring (bicyclic) bond motifs is 1. The molecule has 6 heteroatoms. The van der Waals surface area contributed by atoms with Crippen LogP contribution in [0.2, 0.25) is 0 Å². The molecular formula is C22H31N3O3. The second-order valence-corrected chi connectivity index (χ2v) is 8.31. The number of nitrogens with zero attached hydrogens (tertiary/aromatic N) is 2. The van der Waals surface area contributed by atoms with Crippen LogP contribution in [0.25, 0.3) is 0 Å². The Labute approximate surface area is 167 Å². The van der Waals surface area contributed by atoms with Gasteiger partial charge in [0.25, 0.3) is 0 Å². The molecule has 1 aromatic rings. The van der Waals surface area contributed by atoms with Crippen LogP contribution in [0.1, 0.15) is 62.8 Å². The van der Waals surface area contributed by atoms with Gasteiger partial charge in [0.2, 0.25) is 11.8 Å². The zero-order valence-corrected chi connectivity index (χ0v) is 16.7. The Balaban J connectivity index is 1.46. The monoisotopic (exact) mass is 385 g/mol.